The van der Waals surface area contributed by atoms with E-state index in [2.05, 4.69) is 22.5 Å². The van der Waals surface area contributed by atoms with Gasteiger partial charge in [-0.25, -0.2) is 0 Å². The first-order valence-electron chi connectivity index (χ1n) is 5.53. The summed E-state index contributed by atoms with van der Waals surface area (Å²) in [6.45, 7) is 4.74. The van der Waals surface area contributed by atoms with Crippen molar-refractivity contribution < 1.29 is 9.84 Å². The summed E-state index contributed by atoms with van der Waals surface area (Å²) in [6, 6.07) is 0.400. The first kappa shape index (κ1) is 14.0. The van der Waals surface area contributed by atoms with E-state index in [-0.39, 0.29) is 24.0 Å². The minimum absolute atomic E-state index is 0. The summed E-state index contributed by atoms with van der Waals surface area (Å²) in [5.74, 6) is 0.808. The van der Waals surface area contributed by atoms with Gasteiger partial charge in [-0.2, -0.15) is 0 Å². The number of rotatable bonds is 2. The molecule has 0 spiro atoms. The molecule has 1 atom stereocenters. The van der Waals surface area contributed by atoms with Gasteiger partial charge in [-0.05, 0) is 6.92 Å². The van der Waals surface area contributed by atoms with Gasteiger partial charge in [0.25, 0.3) is 0 Å². The Hall–Kier alpha value is -0.0800. The molecule has 94 valence electrons. The molecule has 2 aliphatic rings. The van der Waals surface area contributed by atoms with E-state index in [1.807, 2.05) is 0 Å². The number of aliphatic hydroxyl groups is 1. The van der Waals surface area contributed by atoms with Gasteiger partial charge in [0.05, 0.1) is 12.1 Å². The minimum Gasteiger partial charge on any atom is -0.388 e. The zero-order chi connectivity index (χ0) is 10.7. The number of nitrogens with one attached hydrogen (secondary N) is 2. The molecule has 1 fully saturated rings. The zero-order valence-electron chi connectivity index (χ0n) is 9.53. The van der Waals surface area contributed by atoms with E-state index in [1.54, 1.807) is 0 Å². The lowest BCUT2D eigenvalue weighted by Gasteiger charge is -2.32. The summed E-state index contributed by atoms with van der Waals surface area (Å²) < 4.78 is 5.22. The van der Waals surface area contributed by atoms with Gasteiger partial charge in [0.15, 0.2) is 5.96 Å². The molecule has 5 nitrogen and oxygen atoms in total. The molecule has 0 aromatic rings. The maximum absolute atomic E-state index is 10.2. The molecule has 1 saturated heterocycles. The second kappa shape index (κ2) is 6.02. The molecule has 2 aliphatic heterocycles. The van der Waals surface area contributed by atoms with Gasteiger partial charge in [0.1, 0.15) is 0 Å². The van der Waals surface area contributed by atoms with E-state index in [1.165, 1.54) is 0 Å². The summed E-state index contributed by atoms with van der Waals surface area (Å²) in [7, 11) is 0. The van der Waals surface area contributed by atoms with Crippen molar-refractivity contribution in [2.45, 2.75) is 31.4 Å². The summed E-state index contributed by atoms with van der Waals surface area (Å²) in [5, 5.41) is 16.5. The van der Waals surface area contributed by atoms with Crippen LogP contribution in [0.25, 0.3) is 0 Å². The SMILES string of the molecule is CC1CN=C(NCC2(O)CCOCC2)N1.I. The van der Waals surface area contributed by atoms with Crippen LogP contribution >= 0.6 is 24.0 Å². The summed E-state index contributed by atoms with van der Waals surface area (Å²) in [5.41, 5.74) is -0.631. The van der Waals surface area contributed by atoms with E-state index < -0.39 is 5.60 Å². The van der Waals surface area contributed by atoms with Crippen molar-refractivity contribution in [2.24, 2.45) is 4.99 Å². The molecule has 16 heavy (non-hydrogen) atoms. The van der Waals surface area contributed by atoms with Gasteiger partial charge >= 0.3 is 0 Å². The van der Waals surface area contributed by atoms with Crippen molar-refractivity contribution >= 4 is 29.9 Å². The van der Waals surface area contributed by atoms with Gasteiger partial charge < -0.3 is 20.5 Å². The Bertz CT molecular complexity index is 254. The normalized spacial score (nSPS) is 27.6. The van der Waals surface area contributed by atoms with Crippen molar-refractivity contribution in [1.29, 1.82) is 0 Å². The Morgan fingerprint density at radius 2 is 2.25 bits per heavy atom. The number of hydrogen-bond acceptors (Lipinski definition) is 5. The van der Waals surface area contributed by atoms with Crippen LogP contribution in [-0.2, 0) is 4.74 Å². The number of guanidine groups is 1. The lowest BCUT2D eigenvalue weighted by molar-refractivity contribution is -0.0593. The van der Waals surface area contributed by atoms with E-state index in [4.69, 9.17) is 4.74 Å². The van der Waals surface area contributed by atoms with Crippen LogP contribution in [0.2, 0.25) is 0 Å². The fraction of sp³-hybridized carbons (Fsp3) is 0.900. The number of hydrogen-bond donors (Lipinski definition) is 3. The van der Waals surface area contributed by atoms with Crippen LogP contribution in [-0.4, -0.2) is 49.0 Å². The smallest absolute Gasteiger partial charge is 0.191 e. The zero-order valence-corrected chi connectivity index (χ0v) is 11.9. The summed E-state index contributed by atoms with van der Waals surface area (Å²) in [4.78, 5) is 4.28. The molecular formula is C10H20IN3O2. The lowest BCUT2D eigenvalue weighted by Crippen LogP contribution is -2.49. The first-order chi connectivity index (χ1) is 7.18. The van der Waals surface area contributed by atoms with Crippen molar-refractivity contribution in [2.75, 3.05) is 26.3 Å². The minimum atomic E-state index is -0.631. The summed E-state index contributed by atoms with van der Waals surface area (Å²) >= 11 is 0. The highest BCUT2D eigenvalue weighted by atomic mass is 127. The fourth-order valence-electron chi connectivity index (χ4n) is 1.84. The molecule has 1 unspecified atom stereocenters. The molecule has 2 rings (SSSR count). The molecule has 0 aromatic carbocycles. The Labute approximate surface area is 113 Å². The topological polar surface area (TPSA) is 65.9 Å². The second-order valence-corrected chi connectivity index (χ2v) is 4.42. The molecule has 0 aromatic heterocycles. The maximum atomic E-state index is 10.2. The molecule has 2 heterocycles. The van der Waals surface area contributed by atoms with Crippen molar-refractivity contribution in [3.8, 4) is 0 Å². The number of halogens is 1. The highest BCUT2D eigenvalue weighted by molar-refractivity contribution is 14.0. The Kier molecular flexibility index (Phi) is 5.26. The van der Waals surface area contributed by atoms with Gasteiger partial charge in [-0.1, -0.05) is 0 Å². The highest BCUT2D eigenvalue weighted by Gasteiger charge is 2.30. The van der Waals surface area contributed by atoms with Gasteiger partial charge in [0, 0.05) is 38.6 Å². The van der Waals surface area contributed by atoms with Gasteiger partial charge in [-0.15, -0.1) is 24.0 Å². The Morgan fingerprint density at radius 1 is 1.56 bits per heavy atom. The number of ether oxygens (including phenoxy) is 1. The molecular weight excluding hydrogens is 321 g/mol. The van der Waals surface area contributed by atoms with E-state index in [0.717, 1.165) is 12.5 Å². The first-order valence-corrected chi connectivity index (χ1v) is 5.53. The van der Waals surface area contributed by atoms with E-state index in [9.17, 15) is 5.11 Å². The Balaban J connectivity index is 0.00000128. The van der Waals surface area contributed by atoms with Crippen LogP contribution in [0.1, 0.15) is 19.8 Å². The number of aliphatic imine (C=N–C) groups is 1. The van der Waals surface area contributed by atoms with Crippen LogP contribution in [0, 0.1) is 0 Å². The van der Waals surface area contributed by atoms with Crippen LogP contribution in [0.3, 0.4) is 0 Å². The van der Waals surface area contributed by atoms with Crippen LogP contribution in [0.5, 0.6) is 0 Å². The van der Waals surface area contributed by atoms with Gasteiger partial charge in [0.2, 0.25) is 0 Å². The van der Waals surface area contributed by atoms with E-state index in [0.29, 0.717) is 38.6 Å². The number of nitrogens with zero attached hydrogens (tertiary/aromatic N) is 1. The fourth-order valence-corrected chi connectivity index (χ4v) is 1.84. The average Bonchev–Trinajstić information content (AvgIpc) is 2.63. The third-order valence-electron chi connectivity index (χ3n) is 2.91. The van der Waals surface area contributed by atoms with Crippen molar-refractivity contribution in [1.82, 2.24) is 10.6 Å². The van der Waals surface area contributed by atoms with Gasteiger partial charge in [-0.3, -0.25) is 4.99 Å². The summed E-state index contributed by atoms with van der Waals surface area (Å²) in [6.07, 6.45) is 1.39. The standard InChI is InChI=1S/C10H19N3O2.HI/c1-8-6-11-9(13-8)12-7-10(14)2-4-15-5-3-10;/h8,14H,2-7H2,1H3,(H2,11,12,13);1H. The predicted octanol–water partition coefficient (Wildman–Crippen LogP) is 0.0832. The van der Waals surface area contributed by atoms with Crippen molar-refractivity contribution in [3.05, 3.63) is 0 Å². The highest BCUT2D eigenvalue weighted by Crippen LogP contribution is 2.19. The Morgan fingerprint density at radius 3 is 2.81 bits per heavy atom. The third kappa shape index (κ3) is 3.74. The molecule has 0 amide bonds. The second-order valence-electron chi connectivity index (χ2n) is 4.42. The van der Waals surface area contributed by atoms with Crippen molar-refractivity contribution in [3.63, 3.8) is 0 Å². The molecule has 6 heteroatoms. The average molecular weight is 341 g/mol. The van der Waals surface area contributed by atoms with Crippen LogP contribution in [0.4, 0.5) is 0 Å². The van der Waals surface area contributed by atoms with Crippen LogP contribution < -0.4 is 10.6 Å². The molecule has 0 saturated carbocycles. The van der Waals surface area contributed by atoms with Crippen LogP contribution in [0.15, 0.2) is 4.99 Å². The largest absolute Gasteiger partial charge is 0.388 e. The van der Waals surface area contributed by atoms with E-state index >= 15 is 0 Å². The third-order valence-corrected chi connectivity index (χ3v) is 2.91. The molecule has 3 N–H and O–H groups in total. The monoisotopic (exact) mass is 341 g/mol. The molecule has 0 bridgehead atoms. The maximum Gasteiger partial charge on any atom is 0.191 e. The molecule has 0 aliphatic carbocycles. The molecule has 0 radical (unpaired) electrons. The lowest BCUT2D eigenvalue weighted by atomic mass is 9.94. The quantitative estimate of drug-likeness (QED) is 0.623. The predicted molar refractivity (Wildman–Crippen MR) is 73.3 cm³/mol.